The van der Waals surface area contributed by atoms with E-state index in [4.69, 9.17) is 10.5 Å². The summed E-state index contributed by atoms with van der Waals surface area (Å²) in [5.74, 6) is 1.18. The summed E-state index contributed by atoms with van der Waals surface area (Å²) < 4.78 is 5.53. The van der Waals surface area contributed by atoms with Crippen LogP contribution in [0.15, 0.2) is 6.07 Å². The number of fused-ring (bicyclic) bond motifs is 3. The maximum atomic E-state index is 11.8. The van der Waals surface area contributed by atoms with Crippen LogP contribution in [0.4, 0.5) is 0 Å². The lowest BCUT2D eigenvalue weighted by atomic mass is 9.75. The van der Waals surface area contributed by atoms with Crippen molar-refractivity contribution in [2.75, 3.05) is 13.2 Å². The van der Waals surface area contributed by atoms with E-state index >= 15 is 0 Å². The SMILES string of the molecule is Cc1c(C(N)=O)cc2c3c([nH]c2c1C)CCC(C1CCOCC1)C3. The van der Waals surface area contributed by atoms with E-state index in [2.05, 4.69) is 11.9 Å². The highest BCUT2D eigenvalue weighted by Crippen LogP contribution is 2.39. The van der Waals surface area contributed by atoms with Crippen molar-refractivity contribution < 1.29 is 9.53 Å². The number of primary amides is 1. The average Bonchev–Trinajstić information content (AvgIpc) is 2.96. The zero-order chi connectivity index (χ0) is 16.8. The highest BCUT2D eigenvalue weighted by atomic mass is 16.5. The highest BCUT2D eigenvalue weighted by Gasteiger charge is 2.30. The normalized spacial score (nSPS) is 21.8. The van der Waals surface area contributed by atoms with Crippen molar-refractivity contribution in [1.82, 2.24) is 4.98 Å². The van der Waals surface area contributed by atoms with Crippen molar-refractivity contribution in [1.29, 1.82) is 0 Å². The third-order valence-corrected chi connectivity index (χ3v) is 6.29. The molecule has 1 fully saturated rings. The fraction of sp³-hybridized carbons (Fsp3) is 0.550. The van der Waals surface area contributed by atoms with E-state index in [0.29, 0.717) is 5.56 Å². The second-order valence-electron chi connectivity index (χ2n) is 7.50. The van der Waals surface area contributed by atoms with Crippen LogP contribution in [0, 0.1) is 25.7 Å². The van der Waals surface area contributed by atoms with Gasteiger partial charge in [-0.2, -0.15) is 0 Å². The molecule has 24 heavy (non-hydrogen) atoms. The molecule has 2 heterocycles. The van der Waals surface area contributed by atoms with Crippen LogP contribution in [0.3, 0.4) is 0 Å². The fourth-order valence-electron chi connectivity index (χ4n) is 4.69. The Morgan fingerprint density at radius 2 is 1.92 bits per heavy atom. The van der Waals surface area contributed by atoms with Crippen molar-refractivity contribution in [2.45, 2.75) is 46.0 Å². The number of amides is 1. The number of benzene rings is 1. The van der Waals surface area contributed by atoms with Crippen LogP contribution in [0.5, 0.6) is 0 Å². The molecule has 2 aromatic rings. The van der Waals surface area contributed by atoms with Gasteiger partial charge in [-0.05, 0) is 80.5 Å². The van der Waals surface area contributed by atoms with Gasteiger partial charge >= 0.3 is 0 Å². The molecule has 0 spiro atoms. The summed E-state index contributed by atoms with van der Waals surface area (Å²) in [6, 6.07) is 2.02. The topological polar surface area (TPSA) is 68.1 Å². The standard InChI is InChI=1S/C20H26N2O2/c1-11-12(2)19-17(10-15(11)20(21)23)16-9-14(3-4-18(16)22-19)13-5-7-24-8-6-13/h10,13-14,22H,3-9H2,1-2H3,(H2,21,23). The minimum absolute atomic E-state index is 0.329. The van der Waals surface area contributed by atoms with Crippen molar-refractivity contribution in [3.63, 3.8) is 0 Å². The number of hydrogen-bond donors (Lipinski definition) is 2. The number of carbonyl (C=O) groups excluding carboxylic acids is 1. The van der Waals surface area contributed by atoms with Crippen LogP contribution < -0.4 is 5.73 Å². The first-order valence-corrected chi connectivity index (χ1v) is 9.07. The van der Waals surface area contributed by atoms with Crippen LogP contribution in [-0.2, 0) is 17.6 Å². The van der Waals surface area contributed by atoms with Crippen molar-refractivity contribution >= 4 is 16.8 Å². The first kappa shape index (κ1) is 15.7. The number of aromatic nitrogens is 1. The third kappa shape index (κ3) is 2.44. The Morgan fingerprint density at radius 1 is 1.17 bits per heavy atom. The average molecular weight is 326 g/mol. The minimum Gasteiger partial charge on any atom is -0.381 e. The molecule has 4 rings (SSSR count). The summed E-state index contributed by atoms with van der Waals surface area (Å²) in [7, 11) is 0. The molecular formula is C20H26N2O2. The van der Waals surface area contributed by atoms with E-state index in [9.17, 15) is 4.79 Å². The molecule has 4 nitrogen and oxygen atoms in total. The predicted molar refractivity (Wildman–Crippen MR) is 95.3 cm³/mol. The summed E-state index contributed by atoms with van der Waals surface area (Å²) in [5.41, 5.74) is 12.4. The molecule has 2 aliphatic rings. The number of aryl methyl sites for hydroxylation is 2. The summed E-state index contributed by atoms with van der Waals surface area (Å²) in [5, 5.41) is 1.21. The number of nitrogens with two attached hydrogens (primary N) is 1. The Bertz CT molecular complexity index is 800. The number of H-pyrrole nitrogens is 1. The highest BCUT2D eigenvalue weighted by molar-refractivity contribution is 6.01. The van der Waals surface area contributed by atoms with Gasteiger partial charge in [-0.15, -0.1) is 0 Å². The molecule has 1 amide bonds. The summed E-state index contributed by atoms with van der Waals surface area (Å²) in [4.78, 5) is 15.5. The minimum atomic E-state index is -0.329. The second-order valence-corrected chi connectivity index (χ2v) is 7.50. The van der Waals surface area contributed by atoms with E-state index in [0.717, 1.165) is 49.0 Å². The molecule has 1 aliphatic carbocycles. The number of aromatic amines is 1. The Morgan fingerprint density at radius 3 is 2.62 bits per heavy atom. The molecule has 4 heteroatoms. The van der Waals surface area contributed by atoms with Gasteiger partial charge in [0.2, 0.25) is 5.91 Å². The van der Waals surface area contributed by atoms with Crippen molar-refractivity contribution in [3.05, 3.63) is 34.0 Å². The molecule has 1 aromatic carbocycles. The quantitative estimate of drug-likeness (QED) is 0.888. The van der Waals surface area contributed by atoms with E-state index in [1.807, 2.05) is 13.0 Å². The first-order valence-electron chi connectivity index (χ1n) is 9.07. The molecular weight excluding hydrogens is 300 g/mol. The Hall–Kier alpha value is -1.81. The van der Waals surface area contributed by atoms with Gasteiger partial charge in [-0.25, -0.2) is 0 Å². The number of rotatable bonds is 2. The zero-order valence-electron chi connectivity index (χ0n) is 14.6. The van der Waals surface area contributed by atoms with E-state index in [1.54, 1.807) is 0 Å². The van der Waals surface area contributed by atoms with Crippen molar-refractivity contribution in [2.24, 2.45) is 17.6 Å². The Labute approximate surface area is 142 Å². The number of hydrogen-bond acceptors (Lipinski definition) is 2. The Kier molecular flexibility index (Phi) is 3.87. The summed E-state index contributed by atoms with van der Waals surface area (Å²) in [6.45, 7) is 5.89. The van der Waals surface area contributed by atoms with Gasteiger partial charge in [0.15, 0.2) is 0 Å². The molecule has 1 aromatic heterocycles. The number of nitrogens with one attached hydrogen (secondary N) is 1. The molecule has 0 saturated carbocycles. The van der Waals surface area contributed by atoms with Crippen LogP contribution >= 0.6 is 0 Å². The van der Waals surface area contributed by atoms with Gasteiger partial charge in [0, 0.05) is 35.4 Å². The van der Waals surface area contributed by atoms with Crippen LogP contribution in [0.1, 0.15) is 52.0 Å². The van der Waals surface area contributed by atoms with E-state index in [-0.39, 0.29) is 5.91 Å². The van der Waals surface area contributed by atoms with Crippen LogP contribution in [0.25, 0.3) is 10.9 Å². The van der Waals surface area contributed by atoms with Gasteiger partial charge in [-0.1, -0.05) is 0 Å². The largest absolute Gasteiger partial charge is 0.381 e. The molecule has 1 aliphatic heterocycles. The van der Waals surface area contributed by atoms with Gasteiger partial charge in [0.1, 0.15) is 0 Å². The lowest BCUT2D eigenvalue weighted by molar-refractivity contribution is 0.0439. The number of carbonyl (C=O) groups is 1. The lowest BCUT2D eigenvalue weighted by Gasteiger charge is -2.33. The summed E-state index contributed by atoms with van der Waals surface area (Å²) in [6.07, 6.45) is 5.85. The maximum Gasteiger partial charge on any atom is 0.248 e. The van der Waals surface area contributed by atoms with Crippen LogP contribution in [0.2, 0.25) is 0 Å². The van der Waals surface area contributed by atoms with E-state index < -0.39 is 0 Å². The molecule has 128 valence electrons. The molecule has 1 saturated heterocycles. The number of ether oxygens (including phenoxy) is 1. The fourth-order valence-corrected chi connectivity index (χ4v) is 4.69. The van der Waals surface area contributed by atoms with Crippen molar-refractivity contribution in [3.8, 4) is 0 Å². The smallest absolute Gasteiger partial charge is 0.248 e. The first-order chi connectivity index (χ1) is 11.6. The van der Waals surface area contributed by atoms with E-state index in [1.165, 1.54) is 41.4 Å². The zero-order valence-corrected chi connectivity index (χ0v) is 14.6. The monoisotopic (exact) mass is 326 g/mol. The summed E-state index contributed by atoms with van der Waals surface area (Å²) >= 11 is 0. The molecule has 3 N–H and O–H groups in total. The molecule has 0 radical (unpaired) electrons. The molecule has 1 unspecified atom stereocenters. The van der Waals surface area contributed by atoms with Gasteiger partial charge in [0.05, 0.1) is 0 Å². The van der Waals surface area contributed by atoms with Gasteiger partial charge < -0.3 is 15.5 Å². The van der Waals surface area contributed by atoms with Crippen LogP contribution in [-0.4, -0.2) is 24.1 Å². The van der Waals surface area contributed by atoms with Gasteiger partial charge in [-0.3, -0.25) is 4.79 Å². The second kappa shape index (κ2) is 5.92. The predicted octanol–water partition coefficient (Wildman–Crippen LogP) is 3.42. The molecule has 0 bridgehead atoms. The third-order valence-electron chi connectivity index (χ3n) is 6.29. The molecule has 1 atom stereocenters. The van der Waals surface area contributed by atoms with Gasteiger partial charge in [0.25, 0.3) is 0 Å². The maximum absolute atomic E-state index is 11.8. The lowest BCUT2D eigenvalue weighted by Crippen LogP contribution is -2.27. The Balaban J connectivity index is 1.76.